The zero-order chi connectivity index (χ0) is 29.6. The maximum Gasteiger partial charge on any atom is 0.0408 e. The second kappa shape index (κ2) is 29.7. The molecule has 0 fully saturated rings. The first kappa shape index (κ1) is 39.0. The van der Waals surface area contributed by atoms with E-state index >= 15 is 0 Å². The molecule has 210 valence electrons. The number of nitrogens with zero attached hydrogens (tertiary/aromatic N) is 2. The second-order valence-electron chi connectivity index (χ2n) is 6.46. The first-order valence-corrected chi connectivity index (χ1v) is 14.4. The molecule has 38 heavy (non-hydrogen) atoms. The van der Waals surface area contributed by atoms with Crippen molar-refractivity contribution in [2.45, 2.75) is 69.2 Å². The van der Waals surface area contributed by atoms with Crippen molar-refractivity contribution < 1.29 is 0 Å². The van der Waals surface area contributed by atoms with Crippen LogP contribution < -0.4 is 9.80 Å². The van der Waals surface area contributed by atoms with Crippen LogP contribution in [0.5, 0.6) is 0 Å². The van der Waals surface area contributed by atoms with Crippen LogP contribution in [0.3, 0.4) is 0 Å². The maximum atomic E-state index is 2.17. The van der Waals surface area contributed by atoms with Crippen molar-refractivity contribution >= 4 is 22.7 Å². The standard InChI is InChI=1S/2C13H13N.5C2H6/c2*1-14(12-8-4-2-5-9-12)13-10-6-3-7-11-13;5*1-2/h2*2-11H,1H3;5*1-2H3. The molecule has 0 spiro atoms. The predicted octanol–water partition coefficient (Wildman–Crippen LogP) is 12.0. The van der Waals surface area contributed by atoms with Crippen LogP contribution in [0.15, 0.2) is 121 Å². The van der Waals surface area contributed by atoms with Gasteiger partial charge in [-0.05, 0) is 48.5 Å². The summed E-state index contributed by atoms with van der Waals surface area (Å²) >= 11 is 0. The molecule has 2 nitrogen and oxygen atoms in total. The van der Waals surface area contributed by atoms with E-state index < -0.39 is 0 Å². The van der Waals surface area contributed by atoms with Gasteiger partial charge in [0.05, 0.1) is 0 Å². The lowest BCUT2D eigenvalue weighted by Gasteiger charge is -2.18. The van der Waals surface area contributed by atoms with Crippen molar-refractivity contribution in [2.24, 2.45) is 0 Å². The summed E-state index contributed by atoms with van der Waals surface area (Å²) in [5.74, 6) is 0. The van der Waals surface area contributed by atoms with E-state index in [0.717, 1.165) is 0 Å². The molecule has 2 heteroatoms. The van der Waals surface area contributed by atoms with Crippen LogP contribution in [0.25, 0.3) is 0 Å². The third-order valence-electron chi connectivity index (χ3n) is 4.57. The van der Waals surface area contributed by atoms with Gasteiger partial charge in [0.1, 0.15) is 0 Å². The molecule has 4 aromatic rings. The van der Waals surface area contributed by atoms with Gasteiger partial charge in [-0.1, -0.05) is 142 Å². The summed E-state index contributed by atoms with van der Waals surface area (Å²) in [4.78, 5) is 4.33. The van der Waals surface area contributed by atoms with E-state index in [2.05, 4.69) is 121 Å². The number of rotatable bonds is 4. The fourth-order valence-electron chi connectivity index (χ4n) is 2.90. The Morgan fingerprint density at radius 2 is 0.395 bits per heavy atom. The van der Waals surface area contributed by atoms with Gasteiger partial charge in [-0.2, -0.15) is 0 Å². The summed E-state index contributed by atoms with van der Waals surface area (Å²) in [5.41, 5.74) is 4.83. The zero-order valence-electron chi connectivity index (χ0n) is 26.4. The lowest BCUT2D eigenvalue weighted by atomic mass is 10.2. The lowest BCUT2D eigenvalue weighted by Crippen LogP contribution is -2.08. The van der Waals surface area contributed by atoms with Gasteiger partial charge in [-0.3, -0.25) is 0 Å². The fourth-order valence-corrected chi connectivity index (χ4v) is 2.90. The summed E-state index contributed by atoms with van der Waals surface area (Å²) in [7, 11) is 4.15. The Bertz CT molecular complexity index is 764. The van der Waals surface area contributed by atoms with Gasteiger partial charge in [-0.15, -0.1) is 0 Å². The Hall–Kier alpha value is -3.52. The van der Waals surface area contributed by atoms with Crippen LogP contribution in [-0.2, 0) is 0 Å². The number of hydrogen-bond acceptors (Lipinski definition) is 2. The van der Waals surface area contributed by atoms with E-state index in [-0.39, 0.29) is 0 Å². The van der Waals surface area contributed by atoms with Crippen molar-refractivity contribution in [3.8, 4) is 0 Å². The highest BCUT2D eigenvalue weighted by Gasteiger charge is 2.01. The summed E-state index contributed by atoms with van der Waals surface area (Å²) in [6.07, 6.45) is 0. The summed E-state index contributed by atoms with van der Waals surface area (Å²) in [5, 5.41) is 0. The summed E-state index contributed by atoms with van der Waals surface area (Å²) in [6.45, 7) is 20.0. The van der Waals surface area contributed by atoms with Gasteiger partial charge < -0.3 is 9.80 Å². The van der Waals surface area contributed by atoms with Crippen LogP contribution in [0.2, 0.25) is 0 Å². The normalized spacial score (nSPS) is 8.00. The SMILES string of the molecule is CC.CC.CC.CC.CC.CN(c1ccccc1)c1ccccc1.CN(c1ccccc1)c1ccccc1. The van der Waals surface area contributed by atoms with E-state index in [1.54, 1.807) is 0 Å². The smallest absolute Gasteiger partial charge is 0.0408 e. The highest BCUT2D eigenvalue weighted by Crippen LogP contribution is 2.22. The largest absolute Gasteiger partial charge is 0.345 e. The highest BCUT2D eigenvalue weighted by molar-refractivity contribution is 5.62. The minimum atomic E-state index is 1.21. The minimum Gasteiger partial charge on any atom is -0.345 e. The van der Waals surface area contributed by atoms with Gasteiger partial charge in [0.25, 0.3) is 0 Å². The monoisotopic (exact) mass is 516 g/mol. The Morgan fingerprint density at radius 1 is 0.263 bits per heavy atom. The molecule has 0 atom stereocenters. The molecule has 0 aliphatic rings. The quantitative estimate of drug-likeness (QED) is 0.266. The molecule has 0 radical (unpaired) electrons. The van der Waals surface area contributed by atoms with Crippen LogP contribution >= 0.6 is 0 Å². The first-order valence-electron chi connectivity index (χ1n) is 14.4. The molecule has 0 saturated carbocycles. The van der Waals surface area contributed by atoms with Crippen LogP contribution in [0.4, 0.5) is 22.7 Å². The van der Waals surface area contributed by atoms with Crippen LogP contribution in [0, 0.1) is 0 Å². The molecule has 0 aliphatic carbocycles. The number of benzene rings is 4. The molecule has 0 aromatic heterocycles. The molecule has 0 saturated heterocycles. The van der Waals surface area contributed by atoms with E-state index in [1.807, 2.05) is 93.5 Å². The molecule has 0 aliphatic heterocycles. The van der Waals surface area contributed by atoms with Crippen molar-refractivity contribution in [3.63, 3.8) is 0 Å². The molecular formula is C36H56N2. The van der Waals surface area contributed by atoms with Gasteiger partial charge >= 0.3 is 0 Å². The maximum absolute atomic E-state index is 2.17. The molecule has 0 unspecified atom stereocenters. The topological polar surface area (TPSA) is 6.48 Å². The zero-order valence-corrected chi connectivity index (χ0v) is 26.4. The predicted molar refractivity (Wildman–Crippen MR) is 179 cm³/mol. The Morgan fingerprint density at radius 3 is 0.526 bits per heavy atom. The number of para-hydroxylation sites is 4. The van der Waals surface area contributed by atoms with E-state index in [1.165, 1.54) is 22.7 Å². The third kappa shape index (κ3) is 16.3. The summed E-state index contributed by atoms with van der Waals surface area (Å²) in [6, 6.07) is 41.4. The lowest BCUT2D eigenvalue weighted by molar-refractivity contribution is 1.21. The third-order valence-corrected chi connectivity index (χ3v) is 4.57. The molecular weight excluding hydrogens is 460 g/mol. The molecule has 0 bridgehead atoms. The molecule has 0 heterocycles. The van der Waals surface area contributed by atoms with Gasteiger partial charge in [0, 0.05) is 36.8 Å². The van der Waals surface area contributed by atoms with Crippen molar-refractivity contribution in [2.75, 3.05) is 23.9 Å². The fraction of sp³-hybridized carbons (Fsp3) is 0.333. The van der Waals surface area contributed by atoms with E-state index in [4.69, 9.17) is 0 Å². The second-order valence-corrected chi connectivity index (χ2v) is 6.46. The van der Waals surface area contributed by atoms with Crippen molar-refractivity contribution in [1.29, 1.82) is 0 Å². The molecule has 0 N–H and O–H groups in total. The number of anilines is 4. The Balaban J connectivity index is -0.000000486. The average Bonchev–Trinajstić information content (AvgIpc) is 3.07. The molecule has 4 rings (SSSR count). The minimum absolute atomic E-state index is 1.21. The molecule has 4 aromatic carbocycles. The number of hydrogen-bond donors (Lipinski definition) is 0. The first-order chi connectivity index (χ1) is 18.8. The van der Waals surface area contributed by atoms with Gasteiger partial charge in [0.2, 0.25) is 0 Å². The summed E-state index contributed by atoms with van der Waals surface area (Å²) < 4.78 is 0. The average molecular weight is 517 g/mol. The Labute approximate surface area is 237 Å². The van der Waals surface area contributed by atoms with Crippen molar-refractivity contribution in [3.05, 3.63) is 121 Å². The highest BCUT2D eigenvalue weighted by atomic mass is 15.1. The van der Waals surface area contributed by atoms with Gasteiger partial charge in [-0.25, -0.2) is 0 Å². The molecule has 0 amide bonds. The van der Waals surface area contributed by atoms with E-state index in [9.17, 15) is 0 Å². The van der Waals surface area contributed by atoms with E-state index in [0.29, 0.717) is 0 Å². The Kier molecular flexibility index (Phi) is 30.5. The van der Waals surface area contributed by atoms with Crippen LogP contribution in [0.1, 0.15) is 69.2 Å². The van der Waals surface area contributed by atoms with Crippen LogP contribution in [-0.4, -0.2) is 14.1 Å². The van der Waals surface area contributed by atoms with Crippen molar-refractivity contribution in [1.82, 2.24) is 0 Å². The van der Waals surface area contributed by atoms with Gasteiger partial charge in [0.15, 0.2) is 0 Å².